The first kappa shape index (κ1) is 23.7. The number of benzene rings is 2. The third kappa shape index (κ3) is 6.74. The molecule has 0 heterocycles. The van der Waals surface area contributed by atoms with E-state index in [1.54, 1.807) is 6.07 Å². The average Bonchev–Trinajstić information content (AvgIpc) is 2.73. The highest BCUT2D eigenvalue weighted by Crippen LogP contribution is 2.28. The summed E-state index contributed by atoms with van der Waals surface area (Å²) in [4.78, 5) is 36.3. The van der Waals surface area contributed by atoms with Gasteiger partial charge in [-0.05, 0) is 57.0 Å². The number of methoxy groups -OCH3 is 1. The molecule has 8 nitrogen and oxygen atoms in total. The van der Waals surface area contributed by atoms with Crippen LogP contribution < -0.4 is 20.1 Å². The summed E-state index contributed by atoms with van der Waals surface area (Å²) in [7, 11) is 1.50. The number of anilines is 1. The van der Waals surface area contributed by atoms with E-state index in [9.17, 15) is 14.4 Å². The number of carbonyl (C=O) groups excluding carboxylic acids is 3. The number of rotatable bonds is 9. The Hall–Kier alpha value is -3.55. The maximum atomic E-state index is 12.2. The van der Waals surface area contributed by atoms with Gasteiger partial charge in [0.2, 0.25) is 5.91 Å². The number of ether oxygens (including phenoxy) is 3. The normalized spacial score (nSPS) is 10.2. The van der Waals surface area contributed by atoms with E-state index in [1.807, 2.05) is 39.8 Å². The van der Waals surface area contributed by atoms with Crippen molar-refractivity contribution in [3.8, 4) is 11.5 Å². The summed E-state index contributed by atoms with van der Waals surface area (Å²) in [6.07, 6.45) is 0. The summed E-state index contributed by atoms with van der Waals surface area (Å²) < 4.78 is 15.6. The molecule has 2 N–H and O–H groups in total. The largest absolute Gasteiger partial charge is 0.493 e. The van der Waals surface area contributed by atoms with Crippen LogP contribution in [0.3, 0.4) is 0 Å². The van der Waals surface area contributed by atoms with Crippen LogP contribution in [-0.4, -0.2) is 44.7 Å². The zero-order valence-corrected chi connectivity index (χ0v) is 18.5. The predicted octanol–water partition coefficient (Wildman–Crippen LogP) is 2.93. The minimum atomic E-state index is -0.686. The third-order valence-corrected chi connectivity index (χ3v) is 4.42. The summed E-state index contributed by atoms with van der Waals surface area (Å²) in [5.41, 5.74) is 3.93. The third-order valence-electron chi connectivity index (χ3n) is 4.42. The monoisotopic (exact) mass is 428 g/mol. The highest BCUT2D eigenvalue weighted by Gasteiger charge is 2.15. The maximum Gasteiger partial charge on any atom is 0.338 e. The van der Waals surface area contributed by atoms with E-state index >= 15 is 0 Å². The zero-order valence-electron chi connectivity index (χ0n) is 18.5. The average molecular weight is 428 g/mol. The number of carbonyl (C=O) groups is 3. The molecule has 0 spiro atoms. The molecule has 0 aromatic heterocycles. The van der Waals surface area contributed by atoms with Crippen LogP contribution in [0.25, 0.3) is 0 Å². The minimum Gasteiger partial charge on any atom is -0.493 e. The van der Waals surface area contributed by atoms with Gasteiger partial charge in [-0.2, -0.15) is 0 Å². The van der Waals surface area contributed by atoms with Gasteiger partial charge in [-0.15, -0.1) is 0 Å². The lowest BCUT2D eigenvalue weighted by molar-refractivity contribution is -0.126. The number of hydrogen-bond donors (Lipinski definition) is 2. The first-order chi connectivity index (χ1) is 14.7. The molecule has 0 aliphatic carbocycles. The van der Waals surface area contributed by atoms with E-state index in [1.165, 1.54) is 19.2 Å². The fourth-order valence-corrected chi connectivity index (χ4v) is 3.08. The van der Waals surface area contributed by atoms with Crippen molar-refractivity contribution in [3.05, 3.63) is 52.6 Å². The maximum absolute atomic E-state index is 12.2. The molecule has 0 saturated carbocycles. The highest BCUT2D eigenvalue weighted by atomic mass is 16.5. The molecular weight excluding hydrogens is 400 g/mol. The fourth-order valence-electron chi connectivity index (χ4n) is 3.08. The van der Waals surface area contributed by atoms with Crippen LogP contribution in [-0.2, 0) is 14.3 Å². The Morgan fingerprint density at radius 1 is 0.935 bits per heavy atom. The quantitative estimate of drug-likeness (QED) is 0.596. The molecule has 0 aliphatic rings. The lowest BCUT2D eigenvalue weighted by Gasteiger charge is -2.13. The second-order valence-corrected chi connectivity index (χ2v) is 6.97. The van der Waals surface area contributed by atoms with Gasteiger partial charge in [0.15, 0.2) is 18.1 Å². The molecular formula is C23H28N2O6. The molecule has 0 radical (unpaired) electrons. The van der Waals surface area contributed by atoms with Crippen molar-refractivity contribution in [3.63, 3.8) is 0 Å². The Morgan fingerprint density at radius 3 is 2.23 bits per heavy atom. The van der Waals surface area contributed by atoms with Crippen molar-refractivity contribution in [2.24, 2.45) is 0 Å². The van der Waals surface area contributed by atoms with E-state index in [-0.39, 0.29) is 18.0 Å². The van der Waals surface area contributed by atoms with Crippen molar-refractivity contribution < 1.29 is 28.6 Å². The van der Waals surface area contributed by atoms with E-state index in [0.717, 1.165) is 22.4 Å². The summed E-state index contributed by atoms with van der Waals surface area (Å²) in [6, 6.07) is 8.53. The Bertz CT molecular complexity index is 948. The minimum absolute atomic E-state index is 0.222. The lowest BCUT2D eigenvalue weighted by atomic mass is 10.1. The molecule has 0 atom stereocenters. The van der Waals surface area contributed by atoms with Crippen molar-refractivity contribution >= 4 is 23.5 Å². The smallest absolute Gasteiger partial charge is 0.338 e. The fraction of sp³-hybridized carbons (Fsp3) is 0.348. The van der Waals surface area contributed by atoms with Gasteiger partial charge >= 0.3 is 5.97 Å². The number of hydrogen-bond acceptors (Lipinski definition) is 6. The molecule has 31 heavy (non-hydrogen) atoms. The van der Waals surface area contributed by atoms with E-state index < -0.39 is 18.5 Å². The zero-order chi connectivity index (χ0) is 23.0. The number of nitrogens with one attached hydrogen (secondary N) is 2. The van der Waals surface area contributed by atoms with Crippen LogP contribution in [0.5, 0.6) is 11.5 Å². The molecule has 0 unspecified atom stereocenters. The summed E-state index contributed by atoms with van der Waals surface area (Å²) in [6.45, 7) is 7.27. The van der Waals surface area contributed by atoms with Gasteiger partial charge in [0.1, 0.15) is 0 Å². The molecule has 0 fully saturated rings. The number of amides is 2. The molecule has 166 valence electrons. The van der Waals surface area contributed by atoms with Crippen LogP contribution in [0.15, 0.2) is 30.3 Å². The van der Waals surface area contributed by atoms with Gasteiger partial charge in [-0.3, -0.25) is 9.59 Å². The summed E-state index contributed by atoms with van der Waals surface area (Å²) in [5, 5.41) is 5.23. The van der Waals surface area contributed by atoms with Crippen molar-refractivity contribution in [1.29, 1.82) is 0 Å². The Morgan fingerprint density at radius 2 is 1.61 bits per heavy atom. The van der Waals surface area contributed by atoms with Crippen molar-refractivity contribution in [2.75, 3.05) is 32.2 Å². The van der Waals surface area contributed by atoms with Crippen LogP contribution in [0, 0.1) is 20.8 Å². The number of esters is 1. The molecule has 2 rings (SSSR count). The highest BCUT2D eigenvalue weighted by molar-refractivity contribution is 5.96. The molecule has 2 aromatic rings. The number of aryl methyl sites for hydroxylation is 3. The van der Waals surface area contributed by atoms with Gasteiger partial charge < -0.3 is 24.8 Å². The standard InChI is InChI=1S/C23H28N2O6/c1-6-30-19-11-17(7-8-18(19)29-5)23(28)31-13-21(27)24-12-20(26)25-22-15(3)9-14(2)10-16(22)4/h7-11H,6,12-13H2,1-5H3,(H,24,27)(H,25,26). The topological polar surface area (TPSA) is 103 Å². The first-order valence-corrected chi connectivity index (χ1v) is 9.87. The summed E-state index contributed by atoms with van der Waals surface area (Å²) >= 11 is 0. The molecule has 2 aromatic carbocycles. The van der Waals surface area contributed by atoms with Crippen LogP contribution >= 0.6 is 0 Å². The second-order valence-electron chi connectivity index (χ2n) is 6.97. The lowest BCUT2D eigenvalue weighted by Crippen LogP contribution is -2.35. The Balaban J connectivity index is 1.85. The molecule has 0 aliphatic heterocycles. The summed E-state index contributed by atoms with van der Waals surface area (Å²) in [5.74, 6) is -0.747. The molecule has 2 amide bonds. The van der Waals surface area contributed by atoms with Crippen molar-refractivity contribution in [1.82, 2.24) is 5.32 Å². The van der Waals surface area contributed by atoms with Crippen LogP contribution in [0.4, 0.5) is 5.69 Å². The van der Waals surface area contributed by atoms with Crippen LogP contribution in [0.2, 0.25) is 0 Å². The second kappa shape index (κ2) is 11.0. The van der Waals surface area contributed by atoms with Crippen LogP contribution in [0.1, 0.15) is 34.0 Å². The van der Waals surface area contributed by atoms with E-state index in [2.05, 4.69) is 10.6 Å². The Labute approximate surface area is 181 Å². The SMILES string of the molecule is CCOc1cc(C(=O)OCC(=O)NCC(=O)Nc2c(C)cc(C)cc2C)ccc1OC. The predicted molar refractivity (Wildman–Crippen MR) is 117 cm³/mol. The van der Waals surface area contributed by atoms with Gasteiger partial charge in [0.05, 0.1) is 25.8 Å². The van der Waals surface area contributed by atoms with Gasteiger partial charge in [-0.1, -0.05) is 17.7 Å². The van der Waals surface area contributed by atoms with Crippen molar-refractivity contribution in [2.45, 2.75) is 27.7 Å². The first-order valence-electron chi connectivity index (χ1n) is 9.87. The molecule has 0 bridgehead atoms. The van der Waals surface area contributed by atoms with Gasteiger partial charge in [0, 0.05) is 5.69 Å². The van der Waals surface area contributed by atoms with E-state index in [4.69, 9.17) is 14.2 Å². The van der Waals surface area contributed by atoms with E-state index in [0.29, 0.717) is 18.1 Å². The van der Waals surface area contributed by atoms with Gasteiger partial charge in [0.25, 0.3) is 5.91 Å². The Kier molecular flexibility index (Phi) is 8.43. The van der Waals surface area contributed by atoms with Gasteiger partial charge in [-0.25, -0.2) is 4.79 Å². The molecule has 0 saturated heterocycles. The molecule has 8 heteroatoms.